The van der Waals surface area contributed by atoms with Crippen LogP contribution in [0.4, 0.5) is 4.39 Å². The summed E-state index contributed by atoms with van der Waals surface area (Å²) in [4.78, 5) is 23.2. The van der Waals surface area contributed by atoms with Gasteiger partial charge in [0.15, 0.2) is 0 Å². The maximum Gasteiger partial charge on any atom is 0.342 e. The molecule has 0 aliphatic heterocycles. The molecule has 0 aliphatic rings. The topological polar surface area (TPSA) is 80.3 Å². The van der Waals surface area contributed by atoms with Crippen molar-refractivity contribution in [1.29, 1.82) is 5.26 Å². The van der Waals surface area contributed by atoms with Crippen molar-refractivity contribution in [3.63, 3.8) is 0 Å². The molecule has 0 aliphatic carbocycles. The van der Waals surface area contributed by atoms with Gasteiger partial charge in [0, 0.05) is 11.6 Å². The lowest BCUT2D eigenvalue weighted by molar-refractivity contribution is 0.0463. The highest BCUT2D eigenvalue weighted by Crippen LogP contribution is 2.16. The smallest absolute Gasteiger partial charge is 0.342 e. The Morgan fingerprint density at radius 3 is 2.73 bits per heavy atom. The summed E-state index contributed by atoms with van der Waals surface area (Å²) in [5, 5.41) is 8.78. The number of benzene rings is 1. The number of esters is 1. The molecule has 1 heterocycles. The van der Waals surface area contributed by atoms with Crippen LogP contribution in [0.25, 0.3) is 0 Å². The molecule has 22 heavy (non-hydrogen) atoms. The lowest BCUT2D eigenvalue weighted by Gasteiger charge is -2.09. The number of ether oxygens (including phenoxy) is 1. The highest BCUT2D eigenvalue weighted by atomic mass is 19.1. The lowest BCUT2D eigenvalue weighted by atomic mass is 10.1. The van der Waals surface area contributed by atoms with Crippen molar-refractivity contribution in [3.8, 4) is 6.07 Å². The van der Waals surface area contributed by atoms with Gasteiger partial charge < -0.3 is 9.15 Å². The second-order valence-corrected chi connectivity index (χ2v) is 4.67. The predicted octanol–water partition coefficient (Wildman–Crippen LogP) is 2.62. The minimum atomic E-state index is -0.722. The Balaban J connectivity index is 2.21. The Kier molecular flexibility index (Phi) is 4.37. The number of carbonyl (C=O) groups is 1. The molecule has 1 aromatic heterocycles. The molecular weight excluding hydrogens is 289 g/mol. The van der Waals surface area contributed by atoms with Gasteiger partial charge >= 0.3 is 11.6 Å². The number of carbonyl (C=O) groups excluding carboxylic acids is 1. The fraction of sp³-hybridized carbons (Fsp3) is 0.188. The molecule has 0 amide bonds. The third-order valence-electron chi connectivity index (χ3n) is 3.07. The summed E-state index contributed by atoms with van der Waals surface area (Å²) in [5.41, 5.74) is 0.367. The number of nitriles is 1. The molecule has 0 fully saturated rings. The molecule has 5 nitrogen and oxygen atoms in total. The maximum atomic E-state index is 13.6. The van der Waals surface area contributed by atoms with Crippen molar-refractivity contribution in [3.05, 3.63) is 68.5 Å². The zero-order valence-corrected chi connectivity index (χ0v) is 12.0. The Morgan fingerprint density at radius 1 is 1.36 bits per heavy atom. The molecule has 0 radical (unpaired) electrons. The van der Waals surface area contributed by atoms with Crippen LogP contribution in [0.2, 0.25) is 0 Å². The van der Waals surface area contributed by atoms with Crippen LogP contribution in [-0.4, -0.2) is 5.97 Å². The summed E-state index contributed by atoms with van der Waals surface area (Å²) >= 11 is 0. The van der Waals surface area contributed by atoms with Crippen LogP contribution >= 0.6 is 0 Å². The van der Waals surface area contributed by atoms with Crippen LogP contribution in [-0.2, 0) is 11.3 Å². The number of nitrogens with zero attached hydrogens (tertiary/aromatic N) is 1. The first kappa shape index (κ1) is 15.4. The standard InChI is InChI=1S/C16H12FNO4/c1-9-5-14(19)22-10(2)15(9)16(20)21-8-12-6-11(7-18)3-4-13(12)17/h3-6H,8H2,1-2H3. The average molecular weight is 301 g/mol. The van der Waals surface area contributed by atoms with E-state index in [-0.39, 0.29) is 29.1 Å². The van der Waals surface area contributed by atoms with Gasteiger partial charge in [0.2, 0.25) is 0 Å². The van der Waals surface area contributed by atoms with Gasteiger partial charge in [-0.05, 0) is 37.6 Å². The number of hydrogen-bond acceptors (Lipinski definition) is 5. The van der Waals surface area contributed by atoms with Gasteiger partial charge in [-0.25, -0.2) is 14.0 Å². The summed E-state index contributed by atoms with van der Waals surface area (Å²) in [6, 6.07) is 6.85. The van der Waals surface area contributed by atoms with Crippen LogP contribution < -0.4 is 5.63 Å². The summed E-state index contributed by atoms with van der Waals surface area (Å²) in [5.74, 6) is -1.15. The molecule has 0 bridgehead atoms. The van der Waals surface area contributed by atoms with E-state index in [0.29, 0.717) is 5.56 Å². The molecule has 2 rings (SSSR count). The Labute approximate surface area is 125 Å². The van der Waals surface area contributed by atoms with Gasteiger partial charge in [0.05, 0.1) is 11.6 Å². The monoisotopic (exact) mass is 301 g/mol. The maximum absolute atomic E-state index is 13.6. The van der Waals surface area contributed by atoms with E-state index >= 15 is 0 Å². The highest BCUT2D eigenvalue weighted by Gasteiger charge is 2.17. The van der Waals surface area contributed by atoms with E-state index in [1.54, 1.807) is 6.92 Å². The third kappa shape index (κ3) is 3.20. The first-order valence-electron chi connectivity index (χ1n) is 6.39. The van der Waals surface area contributed by atoms with E-state index in [1.807, 2.05) is 6.07 Å². The van der Waals surface area contributed by atoms with Gasteiger partial charge in [0.25, 0.3) is 0 Å². The molecular formula is C16H12FNO4. The predicted molar refractivity (Wildman–Crippen MR) is 74.7 cm³/mol. The van der Waals surface area contributed by atoms with Crippen molar-refractivity contribution in [2.45, 2.75) is 20.5 Å². The van der Waals surface area contributed by atoms with Crippen molar-refractivity contribution < 1.29 is 18.3 Å². The molecule has 0 atom stereocenters. The minimum absolute atomic E-state index is 0.0973. The zero-order chi connectivity index (χ0) is 16.3. The molecule has 2 aromatic rings. The van der Waals surface area contributed by atoms with Gasteiger partial charge in [0.1, 0.15) is 23.7 Å². The van der Waals surface area contributed by atoms with Crippen molar-refractivity contribution in [2.75, 3.05) is 0 Å². The van der Waals surface area contributed by atoms with E-state index in [0.717, 1.165) is 6.07 Å². The molecule has 1 aromatic carbocycles. The van der Waals surface area contributed by atoms with Crippen molar-refractivity contribution >= 4 is 5.97 Å². The number of halogens is 1. The quantitative estimate of drug-likeness (QED) is 0.814. The summed E-state index contributed by atoms with van der Waals surface area (Å²) < 4.78 is 23.5. The molecule has 0 saturated heterocycles. The Morgan fingerprint density at radius 2 is 2.09 bits per heavy atom. The van der Waals surface area contributed by atoms with Crippen molar-refractivity contribution in [1.82, 2.24) is 0 Å². The second kappa shape index (κ2) is 6.22. The fourth-order valence-electron chi connectivity index (χ4n) is 2.03. The largest absolute Gasteiger partial charge is 0.457 e. The number of aryl methyl sites for hydroxylation is 2. The second-order valence-electron chi connectivity index (χ2n) is 4.67. The van der Waals surface area contributed by atoms with Crippen LogP contribution in [0.1, 0.15) is 32.8 Å². The van der Waals surface area contributed by atoms with Crippen LogP contribution in [0.5, 0.6) is 0 Å². The van der Waals surface area contributed by atoms with Crippen LogP contribution in [0.3, 0.4) is 0 Å². The Hall–Kier alpha value is -2.94. The van der Waals surface area contributed by atoms with E-state index in [9.17, 15) is 14.0 Å². The molecule has 0 spiro atoms. The van der Waals surface area contributed by atoms with Crippen LogP contribution in [0.15, 0.2) is 33.5 Å². The van der Waals surface area contributed by atoms with Gasteiger partial charge in [-0.15, -0.1) is 0 Å². The van der Waals surface area contributed by atoms with E-state index < -0.39 is 17.4 Å². The van der Waals surface area contributed by atoms with E-state index in [1.165, 1.54) is 25.1 Å². The number of rotatable bonds is 3. The summed E-state index contributed by atoms with van der Waals surface area (Å²) in [6.45, 7) is 2.73. The highest BCUT2D eigenvalue weighted by molar-refractivity contribution is 5.91. The molecule has 6 heteroatoms. The minimum Gasteiger partial charge on any atom is -0.457 e. The molecule has 0 unspecified atom stereocenters. The first-order valence-corrected chi connectivity index (χ1v) is 6.39. The van der Waals surface area contributed by atoms with E-state index in [2.05, 4.69) is 0 Å². The molecule has 0 saturated carbocycles. The third-order valence-corrected chi connectivity index (χ3v) is 3.07. The normalized spacial score (nSPS) is 10.1. The van der Waals surface area contributed by atoms with E-state index in [4.69, 9.17) is 14.4 Å². The summed E-state index contributed by atoms with van der Waals surface area (Å²) in [6.07, 6.45) is 0. The molecule has 0 N–H and O–H groups in total. The summed E-state index contributed by atoms with van der Waals surface area (Å²) in [7, 11) is 0. The molecule has 112 valence electrons. The fourth-order valence-corrected chi connectivity index (χ4v) is 2.03. The van der Waals surface area contributed by atoms with Crippen molar-refractivity contribution in [2.24, 2.45) is 0 Å². The first-order chi connectivity index (χ1) is 10.4. The van der Waals surface area contributed by atoms with Gasteiger partial charge in [-0.3, -0.25) is 0 Å². The lowest BCUT2D eigenvalue weighted by Crippen LogP contribution is -2.13. The van der Waals surface area contributed by atoms with Crippen LogP contribution in [0, 0.1) is 31.0 Å². The van der Waals surface area contributed by atoms with Gasteiger partial charge in [-0.1, -0.05) is 0 Å². The SMILES string of the molecule is Cc1cc(=O)oc(C)c1C(=O)OCc1cc(C#N)ccc1F. The number of hydrogen-bond donors (Lipinski definition) is 0. The average Bonchev–Trinajstić information content (AvgIpc) is 2.45. The Bertz CT molecular complexity index is 807. The van der Waals surface area contributed by atoms with Gasteiger partial charge in [-0.2, -0.15) is 5.26 Å². The zero-order valence-electron chi connectivity index (χ0n) is 12.0.